The molecule has 4 saturated heterocycles. The first-order valence-corrected chi connectivity index (χ1v) is 12.0. The molecule has 204 valence electrons. The summed E-state index contributed by atoms with van der Waals surface area (Å²) in [5.41, 5.74) is 0. The molecule has 12 heteroatoms. The maximum Gasteiger partial charge on any atom is 0.187 e. The average molecular weight is 509 g/mol. The smallest absolute Gasteiger partial charge is 0.187 e. The minimum atomic E-state index is -1.41. The number of hydrogen-bond acceptors (Lipinski definition) is 12. The molecule has 4 aliphatic heterocycles. The van der Waals surface area contributed by atoms with E-state index in [-0.39, 0.29) is 13.2 Å². The molecule has 0 aliphatic carbocycles. The van der Waals surface area contributed by atoms with E-state index < -0.39 is 78.8 Å². The van der Waals surface area contributed by atoms with Crippen LogP contribution in [0.4, 0.5) is 0 Å². The fourth-order valence-corrected chi connectivity index (χ4v) is 5.00. The minimum Gasteiger partial charge on any atom is -0.387 e. The first-order chi connectivity index (χ1) is 16.3. The van der Waals surface area contributed by atoms with Gasteiger partial charge in [-0.25, -0.2) is 0 Å². The number of hydrogen-bond donors (Lipinski definition) is 2. The van der Waals surface area contributed by atoms with Crippen molar-refractivity contribution in [2.45, 2.75) is 120 Å². The third kappa shape index (κ3) is 5.84. The van der Waals surface area contributed by atoms with Crippen molar-refractivity contribution >= 4 is 0 Å². The third-order valence-electron chi connectivity index (χ3n) is 6.56. The quantitative estimate of drug-likeness (QED) is 0.457. The second kappa shape index (κ2) is 10.0. The van der Waals surface area contributed by atoms with Crippen LogP contribution in [0.15, 0.2) is 0 Å². The van der Waals surface area contributed by atoms with Gasteiger partial charge in [-0.3, -0.25) is 0 Å². The molecule has 4 fully saturated rings. The van der Waals surface area contributed by atoms with E-state index in [1.54, 1.807) is 41.5 Å². The molecule has 0 spiro atoms. The van der Waals surface area contributed by atoms with Crippen molar-refractivity contribution in [3.05, 3.63) is 0 Å². The Hall–Kier alpha value is -0.480. The standard InChI is InChI=1S/C23H40O12/c1-21(2)29-10-12(32-21)16(17-18(20(26-7)27-8)35-23(5,6)34-17)31-19-14(25)13(24)15-11(30-19)9-28-22(3,4)33-15/h11-20,24-25H,9-10H2,1-8H3/t11-,12-,13-,14-,15-,16-,17+,18-,19-/m1/s1. The molecule has 4 rings (SSSR count). The van der Waals surface area contributed by atoms with Gasteiger partial charge in [0.05, 0.1) is 13.2 Å². The summed E-state index contributed by atoms with van der Waals surface area (Å²) in [6.07, 6.45) is -8.99. The van der Waals surface area contributed by atoms with Crippen LogP contribution in [0, 0.1) is 0 Å². The van der Waals surface area contributed by atoms with Crippen LogP contribution in [0.1, 0.15) is 41.5 Å². The first-order valence-electron chi connectivity index (χ1n) is 12.0. The fraction of sp³-hybridized carbons (Fsp3) is 1.00. The number of methoxy groups -OCH3 is 2. The molecular formula is C23H40O12. The lowest BCUT2D eigenvalue weighted by atomic mass is 9.97. The number of ether oxygens (including phenoxy) is 10. The second-order valence-corrected chi connectivity index (χ2v) is 10.7. The van der Waals surface area contributed by atoms with Gasteiger partial charge in [0.25, 0.3) is 0 Å². The van der Waals surface area contributed by atoms with Crippen LogP contribution >= 0.6 is 0 Å². The zero-order valence-corrected chi connectivity index (χ0v) is 21.7. The van der Waals surface area contributed by atoms with Gasteiger partial charge in [-0.1, -0.05) is 0 Å². The Morgan fingerprint density at radius 2 is 1.34 bits per heavy atom. The van der Waals surface area contributed by atoms with Crippen molar-refractivity contribution in [2.24, 2.45) is 0 Å². The summed E-state index contributed by atoms with van der Waals surface area (Å²) in [6.45, 7) is 11.0. The Balaban J connectivity index is 1.59. The molecule has 0 aromatic heterocycles. The van der Waals surface area contributed by atoms with Gasteiger partial charge in [0.15, 0.2) is 29.9 Å². The molecule has 0 radical (unpaired) electrons. The summed E-state index contributed by atoms with van der Waals surface area (Å²) in [4.78, 5) is 0. The third-order valence-corrected chi connectivity index (χ3v) is 6.56. The average Bonchev–Trinajstić information content (AvgIpc) is 3.29. The highest BCUT2D eigenvalue weighted by atomic mass is 16.8. The Labute approximate surface area is 205 Å². The molecule has 4 heterocycles. The molecule has 4 aliphatic rings. The van der Waals surface area contributed by atoms with Gasteiger partial charge in [-0.2, -0.15) is 0 Å². The lowest BCUT2D eigenvalue weighted by Gasteiger charge is -2.49. The van der Waals surface area contributed by atoms with E-state index in [4.69, 9.17) is 47.4 Å². The van der Waals surface area contributed by atoms with Crippen molar-refractivity contribution in [1.82, 2.24) is 0 Å². The van der Waals surface area contributed by atoms with Gasteiger partial charge in [-0.05, 0) is 41.5 Å². The predicted molar refractivity (Wildman–Crippen MR) is 117 cm³/mol. The molecular weight excluding hydrogens is 468 g/mol. The van der Waals surface area contributed by atoms with E-state index in [1.165, 1.54) is 14.2 Å². The van der Waals surface area contributed by atoms with Gasteiger partial charge in [0.2, 0.25) is 0 Å². The molecule has 35 heavy (non-hydrogen) atoms. The first kappa shape index (κ1) is 27.6. The van der Waals surface area contributed by atoms with Crippen LogP contribution < -0.4 is 0 Å². The summed E-state index contributed by atoms with van der Waals surface area (Å²) in [6, 6.07) is 0. The number of aliphatic hydroxyl groups is 2. The summed E-state index contributed by atoms with van der Waals surface area (Å²) in [5.74, 6) is -2.74. The predicted octanol–water partition coefficient (Wildman–Crippen LogP) is 0.260. The minimum absolute atomic E-state index is 0.163. The molecule has 0 aromatic carbocycles. The van der Waals surface area contributed by atoms with Crippen LogP contribution in [0.2, 0.25) is 0 Å². The topological polar surface area (TPSA) is 133 Å². The molecule has 0 saturated carbocycles. The number of aliphatic hydroxyl groups excluding tert-OH is 2. The van der Waals surface area contributed by atoms with Gasteiger partial charge < -0.3 is 57.6 Å². The maximum absolute atomic E-state index is 10.9. The van der Waals surface area contributed by atoms with E-state index in [1.807, 2.05) is 0 Å². The Morgan fingerprint density at radius 1 is 0.743 bits per heavy atom. The summed E-state index contributed by atoms with van der Waals surface area (Å²) >= 11 is 0. The van der Waals surface area contributed by atoms with Crippen LogP contribution in [0.5, 0.6) is 0 Å². The highest BCUT2D eigenvalue weighted by Crippen LogP contribution is 2.40. The van der Waals surface area contributed by atoms with Gasteiger partial charge in [0.1, 0.15) is 48.8 Å². The van der Waals surface area contributed by atoms with E-state index >= 15 is 0 Å². The van der Waals surface area contributed by atoms with E-state index in [0.717, 1.165) is 0 Å². The van der Waals surface area contributed by atoms with Crippen molar-refractivity contribution in [3.63, 3.8) is 0 Å². The van der Waals surface area contributed by atoms with Crippen LogP contribution in [-0.2, 0) is 47.4 Å². The van der Waals surface area contributed by atoms with Crippen LogP contribution in [0.25, 0.3) is 0 Å². The Morgan fingerprint density at radius 3 is 1.94 bits per heavy atom. The Bertz CT molecular complexity index is 723. The van der Waals surface area contributed by atoms with Crippen LogP contribution in [0.3, 0.4) is 0 Å². The zero-order valence-electron chi connectivity index (χ0n) is 21.7. The molecule has 9 atom stereocenters. The number of fused-ring (bicyclic) bond motifs is 1. The zero-order chi connectivity index (χ0) is 25.8. The van der Waals surface area contributed by atoms with Crippen molar-refractivity contribution in [1.29, 1.82) is 0 Å². The fourth-order valence-electron chi connectivity index (χ4n) is 5.00. The highest BCUT2D eigenvalue weighted by Gasteiger charge is 2.57. The lowest BCUT2D eigenvalue weighted by Crippen LogP contribution is -2.66. The van der Waals surface area contributed by atoms with Crippen molar-refractivity contribution in [3.8, 4) is 0 Å². The van der Waals surface area contributed by atoms with E-state index in [2.05, 4.69) is 0 Å². The molecule has 2 N–H and O–H groups in total. The van der Waals surface area contributed by atoms with Gasteiger partial charge in [-0.15, -0.1) is 0 Å². The lowest BCUT2D eigenvalue weighted by molar-refractivity contribution is -0.390. The summed E-state index contributed by atoms with van der Waals surface area (Å²) in [7, 11) is 3.01. The largest absolute Gasteiger partial charge is 0.387 e. The molecule has 0 amide bonds. The van der Waals surface area contributed by atoms with Crippen molar-refractivity contribution < 1.29 is 57.6 Å². The van der Waals surface area contributed by atoms with Gasteiger partial charge in [0, 0.05) is 14.2 Å². The SMILES string of the molecule is COC(OC)[C@@H]1OC(C)(C)O[C@H]1[C@H](O[C@H]1O[C@@H]2COC(C)(C)O[C@H]2[C@H](O)[C@H]1O)[C@H]1COC(C)(C)O1. The molecule has 0 bridgehead atoms. The van der Waals surface area contributed by atoms with Gasteiger partial charge >= 0.3 is 0 Å². The molecule has 12 nitrogen and oxygen atoms in total. The van der Waals surface area contributed by atoms with E-state index in [9.17, 15) is 10.2 Å². The summed E-state index contributed by atoms with van der Waals surface area (Å²) < 4.78 is 59.0. The molecule has 0 aromatic rings. The van der Waals surface area contributed by atoms with E-state index in [0.29, 0.717) is 0 Å². The normalized spacial score (nSPS) is 43.3. The Kier molecular flexibility index (Phi) is 7.88. The van der Waals surface area contributed by atoms with Crippen molar-refractivity contribution in [2.75, 3.05) is 27.4 Å². The number of rotatable bonds is 7. The monoisotopic (exact) mass is 508 g/mol. The highest BCUT2D eigenvalue weighted by molar-refractivity contribution is 4.98. The van der Waals surface area contributed by atoms with Crippen LogP contribution in [-0.4, -0.2) is 116 Å². The summed E-state index contributed by atoms with van der Waals surface area (Å²) in [5, 5.41) is 21.8. The maximum atomic E-state index is 10.9. The molecule has 0 unspecified atom stereocenters. The second-order valence-electron chi connectivity index (χ2n) is 10.7.